The van der Waals surface area contributed by atoms with Gasteiger partial charge in [0, 0.05) is 68.3 Å². The Morgan fingerprint density at radius 2 is 1.74 bits per heavy atom. The molecule has 1 saturated heterocycles. The van der Waals surface area contributed by atoms with Crippen molar-refractivity contribution in [2.24, 2.45) is 0 Å². The van der Waals surface area contributed by atoms with E-state index in [-0.39, 0.29) is 0 Å². The fourth-order valence-corrected chi connectivity index (χ4v) is 8.96. The van der Waals surface area contributed by atoms with Gasteiger partial charge in [0.2, 0.25) is 5.95 Å². The van der Waals surface area contributed by atoms with Crippen LogP contribution in [-0.2, 0) is 4.57 Å². The number of anilines is 5. The topological polar surface area (TPSA) is 172 Å². The number of methoxy groups -OCH3 is 1. The molecule has 0 spiro atoms. The van der Waals surface area contributed by atoms with E-state index in [0.29, 0.717) is 62.3 Å². The van der Waals surface area contributed by atoms with Crippen LogP contribution in [-0.4, -0.2) is 94.2 Å². The van der Waals surface area contributed by atoms with Crippen LogP contribution in [0.1, 0.15) is 24.8 Å². The molecule has 58 heavy (non-hydrogen) atoms. The van der Waals surface area contributed by atoms with Crippen LogP contribution in [0, 0.1) is 6.92 Å². The molecule has 7 rings (SSSR count). The third kappa shape index (κ3) is 9.25. The molecule has 3 aromatic carbocycles. The molecule has 302 valence electrons. The van der Waals surface area contributed by atoms with Crippen molar-refractivity contribution in [3.8, 4) is 17.2 Å². The summed E-state index contributed by atoms with van der Waals surface area (Å²) in [7, 11) is 1.07. The molecule has 0 saturated carbocycles. The fraction of sp³-hybridized carbons (Fsp3) is 0.317. The van der Waals surface area contributed by atoms with Crippen LogP contribution >= 0.6 is 23.1 Å². The molecule has 0 atom stereocenters. The molecule has 0 radical (unpaired) electrons. The average Bonchev–Trinajstić information content (AvgIpc) is 3.20. The van der Waals surface area contributed by atoms with Gasteiger partial charge in [0.25, 0.3) is 5.56 Å². The van der Waals surface area contributed by atoms with Crippen LogP contribution in [0.5, 0.6) is 11.5 Å². The van der Waals surface area contributed by atoms with Gasteiger partial charge in [-0.25, -0.2) is 9.78 Å². The predicted octanol–water partition coefficient (Wildman–Crippen LogP) is 6.44. The first-order valence-corrected chi connectivity index (χ1v) is 22.3. The lowest BCUT2D eigenvalue weighted by Gasteiger charge is -2.38. The molecule has 1 fully saturated rings. The highest BCUT2D eigenvalue weighted by Crippen LogP contribution is 2.42. The van der Waals surface area contributed by atoms with Crippen LogP contribution in [0.25, 0.3) is 16.7 Å². The molecular weight excluding hydrogens is 823 g/mol. The predicted molar refractivity (Wildman–Crippen MR) is 233 cm³/mol. The van der Waals surface area contributed by atoms with E-state index in [0.717, 1.165) is 61.6 Å². The SMILES string of the molecule is COc1cc(N2CCC(N(C)CCCOc3ccc(-n4ccc(=O)[nH]c4=O)cc3)CC2)c(C)cc1Nc1ncc(Br)c(Nc2ccc3nccnc3c2P(C)(C)=O)n1. The van der Waals surface area contributed by atoms with E-state index in [2.05, 4.69) is 82.4 Å². The minimum atomic E-state index is -2.77. The summed E-state index contributed by atoms with van der Waals surface area (Å²) >= 11 is 3.57. The number of fused-ring (bicyclic) bond motifs is 1. The van der Waals surface area contributed by atoms with Crippen LogP contribution in [0.4, 0.5) is 28.8 Å². The molecule has 3 N–H and O–H groups in total. The quantitative estimate of drug-likeness (QED) is 0.0807. The molecule has 17 heteroatoms. The summed E-state index contributed by atoms with van der Waals surface area (Å²) in [5.41, 5.74) is 4.61. The van der Waals surface area contributed by atoms with Crippen molar-refractivity contribution in [2.45, 2.75) is 32.2 Å². The minimum absolute atomic E-state index is 0.363. The zero-order valence-electron chi connectivity index (χ0n) is 33.0. The monoisotopic (exact) mass is 868 g/mol. The lowest BCUT2D eigenvalue weighted by Crippen LogP contribution is -2.44. The van der Waals surface area contributed by atoms with Crippen molar-refractivity contribution < 1.29 is 14.0 Å². The normalized spacial score (nSPS) is 13.5. The maximum atomic E-state index is 13.5. The van der Waals surface area contributed by atoms with E-state index < -0.39 is 18.4 Å². The number of aromatic amines is 1. The highest BCUT2D eigenvalue weighted by atomic mass is 79.9. The minimum Gasteiger partial charge on any atom is -0.494 e. The summed E-state index contributed by atoms with van der Waals surface area (Å²) < 4.78 is 27.3. The number of piperidine rings is 1. The zero-order chi connectivity index (χ0) is 41.0. The van der Waals surface area contributed by atoms with E-state index in [9.17, 15) is 14.2 Å². The molecular formula is C41H46BrN10O5P. The smallest absolute Gasteiger partial charge is 0.332 e. The summed E-state index contributed by atoms with van der Waals surface area (Å²) in [5.74, 6) is 2.26. The van der Waals surface area contributed by atoms with Crippen LogP contribution < -0.4 is 41.6 Å². The number of nitrogens with one attached hydrogen (secondary N) is 3. The van der Waals surface area contributed by atoms with Gasteiger partial charge in [-0.1, -0.05) is 0 Å². The number of hydrogen-bond donors (Lipinski definition) is 3. The Hall–Kier alpha value is -5.57. The van der Waals surface area contributed by atoms with Gasteiger partial charge in [0.15, 0.2) is 0 Å². The Labute approximate surface area is 344 Å². The Morgan fingerprint density at radius 3 is 2.47 bits per heavy atom. The molecule has 0 amide bonds. The van der Waals surface area contributed by atoms with Crippen LogP contribution in [0.3, 0.4) is 0 Å². The summed E-state index contributed by atoms with van der Waals surface area (Å²) in [5, 5.41) is 7.31. The second-order valence-electron chi connectivity index (χ2n) is 14.6. The number of hydrogen-bond acceptors (Lipinski definition) is 13. The highest BCUT2D eigenvalue weighted by Gasteiger charge is 2.25. The summed E-state index contributed by atoms with van der Waals surface area (Å²) in [4.78, 5) is 48.7. The number of rotatable bonds is 14. The zero-order valence-corrected chi connectivity index (χ0v) is 35.5. The van der Waals surface area contributed by atoms with Crippen LogP contribution in [0.2, 0.25) is 0 Å². The molecule has 3 aromatic heterocycles. The Balaban J connectivity index is 0.940. The van der Waals surface area contributed by atoms with Crippen molar-refractivity contribution in [2.75, 3.05) is 69.3 Å². The van der Waals surface area contributed by atoms with E-state index in [1.54, 1.807) is 51.2 Å². The van der Waals surface area contributed by atoms with Crippen molar-refractivity contribution in [3.63, 3.8) is 0 Å². The third-order valence-corrected chi connectivity index (χ3v) is 12.3. The molecule has 15 nitrogen and oxygen atoms in total. The fourth-order valence-electron chi connectivity index (χ4n) is 7.27. The van der Waals surface area contributed by atoms with Gasteiger partial charge >= 0.3 is 5.69 Å². The molecule has 0 aliphatic carbocycles. The molecule has 0 bridgehead atoms. The second-order valence-corrected chi connectivity index (χ2v) is 18.6. The van der Waals surface area contributed by atoms with Gasteiger partial charge in [0.1, 0.15) is 30.0 Å². The number of halogens is 1. The molecule has 0 unspecified atom stereocenters. The number of ether oxygens (including phenoxy) is 2. The van der Waals surface area contributed by atoms with Crippen molar-refractivity contribution >= 4 is 68.2 Å². The number of benzene rings is 3. The maximum absolute atomic E-state index is 13.5. The van der Waals surface area contributed by atoms with Crippen LogP contribution in [0.15, 0.2) is 93.4 Å². The van der Waals surface area contributed by atoms with Gasteiger partial charge < -0.3 is 34.5 Å². The maximum Gasteiger partial charge on any atom is 0.332 e. The van der Waals surface area contributed by atoms with E-state index in [4.69, 9.17) is 14.5 Å². The van der Waals surface area contributed by atoms with Crippen molar-refractivity contribution in [1.82, 2.24) is 34.4 Å². The number of nitrogens with zero attached hydrogens (tertiary/aromatic N) is 7. The van der Waals surface area contributed by atoms with Gasteiger partial charge in [-0.15, -0.1) is 0 Å². The van der Waals surface area contributed by atoms with Gasteiger partial charge in [-0.05, 0) is 111 Å². The first kappa shape index (κ1) is 40.6. The molecule has 6 aromatic rings. The molecule has 1 aliphatic rings. The van der Waals surface area contributed by atoms with Crippen molar-refractivity contribution in [1.29, 1.82) is 0 Å². The first-order chi connectivity index (χ1) is 27.9. The van der Waals surface area contributed by atoms with E-state index >= 15 is 0 Å². The standard InChI is InChI=1S/C41H46BrN10O5P/c1-26-23-33(47-40-45-25-30(42)39(49-40)46-32-12-11-31-37(44-17-16-43-31)38(32)58(4,5)55)35(56-3)24-34(26)51-19-13-27(14-20-51)50(2)18-6-22-57-29-9-7-28(8-10-29)52-21-15-36(53)48-41(52)54/h7-12,15-17,21,23-25,27H,6,13-14,18-20,22H2,1-5H3,(H,48,53,54)(H2,45,46,47,49). The largest absolute Gasteiger partial charge is 0.494 e. The summed E-state index contributed by atoms with van der Waals surface area (Å²) in [6.45, 7) is 8.86. The van der Waals surface area contributed by atoms with Gasteiger partial charge in [-0.3, -0.25) is 24.3 Å². The number of aryl methyl sites for hydroxylation is 1. The van der Waals surface area contributed by atoms with E-state index in [1.807, 2.05) is 24.3 Å². The Kier molecular flexibility index (Phi) is 12.3. The third-order valence-electron chi connectivity index (χ3n) is 10.2. The molecule has 4 heterocycles. The van der Waals surface area contributed by atoms with E-state index in [1.165, 1.54) is 16.8 Å². The lowest BCUT2D eigenvalue weighted by molar-refractivity contribution is 0.189. The molecule has 1 aliphatic heterocycles. The van der Waals surface area contributed by atoms with Gasteiger partial charge in [0.05, 0.1) is 46.1 Å². The Bertz CT molecular complexity index is 2590. The summed E-state index contributed by atoms with van der Waals surface area (Å²) in [6, 6.07) is 16.9. The number of aromatic nitrogens is 6. The summed E-state index contributed by atoms with van der Waals surface area (Å²) in [6.07, 6.45) is 9.29. The highest BCUT2D eigenvalue weighted by molar-refractivity contribution is 9.10. The lowest BCUT2D eigenvalue weighted by atomic mass is 10.0. The number of H-pyrrole nitrogens is 1. The first-order valence-electron chi connectivity index (χ1n) is 18.9. The Morgan fingerprint density at radius 1 is 0.983 bits per heavy atom. The van der Waals surface area contributed by atoms with Gasteiger partial charge in [-0.2, -0.15) is 4.98 Å². The average molecular weight is 870 g/mol. The second kappa shape index (κ2) is 17.5. The van der Waals surface area contributed by atoms with Crippen molar-refractivity contribution in [3.05, 3.63) is 110 Å².